The molecule has 0 unspecified atom stereocenters. The lowest BCUT2D eigenvalue weighted by Gasteiger charge is -2.22. The summed E-state index contributed by atoms with van der Waals surface area (Å²) in [6, 6.07) is 0. The minimum absolute atomic E-state index is 0.213. The third-order valence-corrected chi connectivity index (χ3v) is 6.78. The van der Waals surface area contributed by atoms with Crippen LogP contribution in [0.3, 0.4) is 0 Å². The van der Waals surface area contributed by atoms with Gasteiger partial charge in [0.2, 0.25) is 15.9 Å². The zero-order valence-corrected chi connectivity index (χ0v) is 16.7. The topological polar surface area (TPSA) is 113 Å². The second-order valence-electron chi connectivity index (χ2n) is 6.54. The Morgan fingerprint density at radius 1 is 1.22 bits per heavy atom. The zero-order chi connectivity index (χ0) is 19.8. The van der Waals surface area contributed by atoms with Gasteiger partial charge in [-0.25, -0.2) is 8.42 Å². The molecule has 27 heavy (non-hydrogen) atoms. The molecule has 11 heteroatoms. The second-order valence-corrected chi connectivity index (χ2v) is 8.41. The number of aryl methyl sites for hydroxylation is 3. The normalized spacial score (nSPS) is 16.4. The van der Waals surface area contributed by atoms with Crippen molar-refractivity contribution in [2.24, 2.45) is 7.05 Å². The molecule has 0 spiro atoms. The molecule has 1 amide bonds. The molecule has 148 valence electrons. The summed E-state index contributed by atoms with van der Waals surface area (Å²) in [5.74, 6) is 0.0516. The number of nitrogens with zero attached hydrogens (tertiary/aromatic N) is 5. The largest absolute Gasteiger partial charge is 0.479 e. The van der Waals surface area contributed by atoms with Crippen molar-refractivity contribution in [3.63, 3.8) is 0 Å². The molecule has 10 nitrogen and oxygen atoms in total. The first kappa shape index (κ1) is 19.4. The second kappa shape index (κ2) is 7.31. The van der Waals surface area contributed by atoms with Gasteiger partial charge in [-0.05, 0) is 20.3 Å². The number of methoxy groups -OCH3 is 1. The molecule has 1 saturated heterocycles. The van der Waals surface area contributed by atoms with E-state index in [1.807, 2.05) is 0 Å². The maximum atomic E-state index is 13.0. The lowest BCUT2D eigenvalue weighted by atomic mass is 10.2. The molecule has 1 aliphatic heterocycles. The lowest BCUT2D eigenvalue weighted by Crippen LogP contribution is -2.37. The number of amides is 1. The van der Waals surface area contributed by atoms with Crippen LogP contribution in [0.5, 0.6) is 5.88 Å². The van der Waals surface area contributed by atoms with Crippen LogP contribution in [0.4, 0.5) is 0 Å². The molecule has 0 atom stereocenters. The van der Waals surface area contributed by atoms with Crippen LogP contribution in [0.2, 0.25) is 0 Å². The van der Waals surface area contributed by atoms with Gasteiger partial charge in [-0.1, -0.05) is 0 Å². The molecule has 1 fully saturated rings. The maximum Gasteiger partial charge on any atom is 0.261 e. The highest BCUT2D eigenvalue weighted by Gasteiger charge is 2.32. The van der Waals surface area contributed by atoms with E-state index >= 15 is 0 Å². The van der Waals surface area contributed by atoms with E-state index in [1.54, 1.807) is 32.0 Å². The average molecular weight is 396 g/mol. The number of carbonyl (C=O) groups excluding carboxylic acids is 1. The summed E-state index contributed by atoms with van der Waals surface area (Å²) in [5.41, 5.74) is 1.34. The van der Waals surface area contributed by atoms with E-state index < -0.39 is 10.0 Å². The summed E-state index contributed by atoms with van der Waals surface area (Å²) in [6.45, 7) is 4.69. The zero-order valence-electron chi connectivity index (χ0n) is 15.9. The number of rotatable bonds is 4. The number of hydrogen-bond acceptors (Lipinski definition) is 6. The monoisotopic (exact) mass is 396 g/mol. The molecule has 0 aliphatic carbocycles. The fraction of sp³-hybridized carbons (Fsp3) is 0.562. The van der Waals surface area contributed by atoms with Gasteiger partial charge in [0, 0.05) is 39.4 Å². The third-order valence-electron chi connectivity index (χ3n) is 4.62. The van der Waals surface area contributed by atoms with Crippen molar-refractivity contribution >= 4 is 15.9 Å². The first-order valence-electron chi connectivity index (χ1n) is 8.64. The Kier molecular flexibility index (Phi) is 5.24. The van der Waals surface area contributed by atoms with E-state index in [-0.39, 0.29) is 23.2 Å². The first-order valence-corrected chi connectivity index (χ1v) is 10.1. The predicted octanol–water partition coefficient (Wildman–Crippen LogP) is 0.305. The minimum atomic E-state index is -3.67. The molecule has 0 bridgehead atoms. The van der Waals surface area contributed by atoms with Gasteiger partial charge in [0.15, 0.2) is 0 Å². The molecule has 0 saturated carbocycles. The predicted molar refractivity (Wildman–Crippen MR) is 97.1 cm³/mol. The van der Waals surface area contributed by atoms with Crippen molar-refractivity contribution in [3.8, 4) is 5.88 Å². The number of nitrogens with one attached hydrogen (secondary N) is 1. The molecule has 1 aliphatic rings. The van der Waals surface area contributed by atoms with Crippen molar-refractivity contribution in [1.82, 2.24) is 29.2 Å². The van der Waals surface area contributed by atoms with Crippen molar-refractivity contribution < 1.29 is 17.9 Å². The Balaban J connectivity index is 1.78. The average Bonchev–Trinajstić information content (AvgIpc) is 3.05. The summed E-state index contributed by atoms with van der Waals surface area (Å²) in [6.07, 6.45) is 2.16. The number of ether oxygens (including phenoxy) is 1. The Morgan fingerprint density at radius 3 is 2.59 bits per heavy atom. The van der Waals surface area contributed by atoms with Gasteiger partial charge in [-0.3, -0.25) is 14.6 Å². The smallest absolute Gasteiger partial charge is 0.261 e. The Labute approximate surface area is 158 Å². The Morgan fingerprint density at radius 2 is 1.96 bits per heavy atom. The number of carbonyl (C=O) groups is 1. The van der Waals surface area contributed by atoms with Crippen LogP contribution in [-0.2, 0) is 17.1 Å². The molecule has 1 N–H and O–H groups in total. The molecular weight excluding hydrogens is 372 g/mol. The number of sulfonamides is 1. The molecule has 0 aromatic carbocycles. The maximum absolute atomic E-state index is 13.0. The van der Waals surface area contributed by atoms with Crippen molar-refractivity contribution in [2.75, 3.05) is 33.3 Å². The van der Waals surface area contributed by atoms with Crippen LogP contribution in [0.25, 0.3) is 0 Å². The SMILES string of the molecule is COc1nn(C)cc1C(=O)N1CCCN(S(=O)(=O)c2c(C)n[nH]c2C)CC1. The van der Waals surface area contributed by atoms with Gasteiger partial charge < -0.3 is 9.64 Å². The summed E-state index contributed by atoms with van der Waals surface area (Å²) < 4.78 is 34.1. The number of aromatic nitrogens is 4. The quantitative estimate of drug-likeness (QED) is 0.795. The summed E-state index contributed by atoms with van der Waals surface area (Å²) in [4.78, 5) is 14.7. The highest BCUT2D eigenvalue weighted by molar-refractivity contribution is 7.89. The fourth-order valence-corrected chi connectivity index (χ4v) is 5.12. The van der Waals surface area contributed by atoms with Crippen LogP contribution in [0, 0.1) is 13.8 Å². The molecule has 2 aromatic rings. The van der Waals surface area contributed by atoms with Gasteiger partial charge in [0.05, 0.1) is 18.5 Å². The van der Waals surface area contributed by atoms with E-state index in [1.165, 1.54) is 16.1 Å². The standard InChI is InChI=1S/C16H24N6O4S/c1-11-14(12(2)18-17-11)27(24,25)22-7-5-6-21(8-9-22)16(23)13-10-20(3)19-15(13)26-4/h10H,5-9H2,1-4H3,(H,17,18). The van der Waals surface area contributed by atoms with E-state index in [0.29, 0.717) is 43.0 Å². The third kappa shape index (κ3) is 3.56. The lowest BCUT2D eigenvalue weighted by molar-refractivity contribution is 0.0761. The molecule has 2 aromatic heterocycles. The van der Waals surface area contributed by atoms with E-state index in [9.17, 15) is 13.2 Å². The molecule has 3 rings (SSSR count). The fourth-order valence-electron chi connectivity index (χ4n) is 3.32. The molecule has 0 radical (unpaired) electrons. The number of H-pyrrole nitrogens is 1. The minimum Gasteiger partial charge on any atom is -0.479 e. The Bertz CT molecular complexity index is 929. The van der Waals surface area contributed by atoms with Gasteiger partial charge in [-0.15, -0.1) is 5.10 Å². The van der Waals surface area contributed by atoms with Crippen LogP contribution in [0.15, 0.2) is 11.1 Å². The van der Waals surface area contributed by atoms with Crippen molar-refractivity contribution in [1.29, 1.82) is 0 Å². The first-order chi connectivity index (χ1) is 12.8. The molecule has 3 heterocycles. The van der Waals surface area contributed by atoms with Crippen molar-refractivity contribution in [2.45, 2.75) is 25.2 Å². The number of aromatic amines is 1. The summed E-state index contributed by atoms with van der Waals surface area (Å²) in [5, 5.41) is 10.8. The highest BCUT2D eigenvalue weighted by atomic mass is 32.2. The van der Waals surface area contributed by atoms with Crippen molar-refractivity contribution in [3.05, 3.63) is 23.1 Å². The summed E-state index contributed by atoms with van der Waals surface area (Å²) >= 11 is 0. The van der Waals surface area contributed by atoms with E-state index in [4.69, 9.17) is 4.74 Å². The highest BCUT2D eigenvalue weighted by Crippen LogP contribution is 2.24. The van der Waals surface area contributed by atoms with Gasteiger partial charge in [-0.2, -0.15) is 9.40 Å². The summed E-state index contributed by atoms with van der Waals surface area (Å²) in [7, 11) is -0.488. The van der Waals surface area contributed by atoms with Crippen LogP contribution < -0.4 is 4.74 Å². The van der Waals surface area contributed by atoms with Crippen LogP contribution >= 0.6 is 0 Å². The van der Waals surface area contributed by atoms with Gasteiger partial charge >= 0.3 is 0 Å². The Hall–Kier alpha value is -2.40. The van der Waals surface area contributed by atoms with Gasteiger partial charge in [0.1, 0.15) is 10.5 Å². The van der Waals surface area contributed by atoms with E-state index in [2.05, 4.69) is 15.3 Å². The van der Waals surface area contributed by atoms with Crippen LogP contribution in [0.1, 0.15) is 28.2 Å². The number of hydrogen-bond donors (Lipinski definition) is 1. The molecular formula is C16H24N6O4S. The van der Waals surface area contributed by atoms with Crippen LogP contribution in [-0.4, -0.2) is 76.8 Å². The van der Waals surface area contributed by atoms with Gasteiger partial charge in [0.25, 0.3) is 5.91 Å². The van der Waals surface area contributed by atoms with E-state index in [0.717, 1.165) is 0 Å².